The maximum atomic E-state index is 12.2. The molecule has 0 saturated heterocycles. The summed E-state index contributed by atoms with van der Waals surface area (Å²) in [6, 6.07) is 0. The molecule has 1 rings (SSSR count). The van der Waals surface area contributed by atoms with Crippen molar-refractivity contribution in [2.24, 2.45) is 0 Å². The van der Waals surface area contributed by atoms with E-state index in [-0.39, 0.29) is 12.5 Å². The average molecular weight is 266 g/mol. The first kappa shape index (κ1) is 15.2. The van der Waals surface area contributed by atoms with Crippen LogP contribution in [0.1, 0.15) is 11.4 Å². The highest BCUT2D eigenvalue weighted by molar-refractivity contribution is 5.76. The van der Waals surface area contributed by atoms with E-state index in [0.717, 1.165) is 11.4 Å². The van der Waals surface area contributed by atoms with Gasteiger partial charge in [-0.15, -0.1) is 6.58 Å². The number of aromatic nitrogens is 2. The molecule has 1 heterocycles. The first-order valence-corrected chi connectivity index (χ1v) is 6.18. The molecule has 0 spiro atoms. The molecular formula is C13H22N4O2. The van der Waals surface area contributed by atoms with Gasteiger partial charge in [0.1, 0.15) is 6.54 Å². The van der Waals surface area contributed by atoms with Crippen molar-refractivity contribution >= 4 is 11.6 Å². The number of nitrogen functional groups attached to an aromatic ring is 1. The number of rotatable bonds is 7. The fraction of sp³-hybridized carbons (Fsp3) is 0.538. The molecule has 0 saturated carbocycles. The van der Waals surface area contributed by atoms with E-state index in [2.05, 4.69) is 11.7 Å². The van der Waals surface area contributed by atoms with Crippen LogP contribution in [-0.2, 0) is 16.1 Å². The van der Waals surface area contributed by atoms with Gasteiger partial charge in [0.25, 0.3) is 0 Å². The van der Waals surface area contributed by atoms with Crippen LogP contribution in [0.2, 0.25) is 0 Å². The van der Waals surface area contributed by atoms with Crippen LogP contribution in [0, 0.1) is 13.8 Å². The number of methoxy groups -OCH3 is 1. The van der Waals surface area contributed by atoms with Gasteiger partial charge in [-0.3, -0.25) is 9.48 Å². The standard InChI is InChI=1S/C13H22N4O2/c1-5-6-16(7-8-19-4)12(18)9-17-11(3)13(14)10(2)15-17/h5H,1,6-9,14H2,2-4H3. The van der Waals surface area contributed by atoms with E-state index < -0.39 is 0 Å². The number of aryl methyl sites for hydroxylation is 1. The van der Waals surface area contributed by atoms with E-state index in [1.165, 1.54) is 0 Å². The molecule has 1 amide bonds. The van der Waals surface area contributed by atoms with Crippen molar-refractivity contribution < 1.29 is 9.53 Å². The van der Waals surface area contributed by atoms with E-state index in [4.69, 9.17) is 10.5 Å². The number of ether oxygens (including phenoxy) is 1. The Morgan fingerprint density at radius 2 is 2.26 bits per heavy atom. The Balaban J connectivity index is 2.74. The highest BCUT2D eigenvalue weighted by Gasteiger charge is 2.16. The minimum atomic E-state index is -0.0254. The third-order valence-corrected chi connectivity index (χ3v) is 2.99. The molecule has 0 aliphatic carbocycles. The maximum absolute atomic E-state index is 12.2. The summed E-state index contributed by atoms with van der Waals surface area (Å²) >= 11 is 0. The van der Waals surface area contributed by atoms with Crippen molar-refractivity contribution in [2.45, 2.75) is 20.4 Å². The molecule has 6 nitrogen and oxygen atoms in total. The lowest BCUT2D eigenvalue weighted by Gasteiger charge is -2.21. The zero-order chi connectivity index (χ0) is 14.4. The van der Waals surface area contributed by atoms with E-state index in [0.29, 0.717) is 25.4 Å². The normalized spacial score (nSPS) is 10.5. The molecule has 1 aromatic heterocycles. The van der Waals surface area contributed by atoms with Crippen LogP contribution in [0.25, 0.3) is 0 Å². The van der Waals surface area contributed by atoms with Crippen molar-refractivity contribution in [3.05, 3.63) is 24.0 Å². The molecule has 0 bridgehead atoms. The number of hydrogen-bond acceptors (Lipinski definition) is 4. The van der Waals surface area contributed by atoms with Gasteiger partial charge in [-0.25, -0.2) is 0 Å². The molecule has 0 aliphatic heterocycles. The van der Waals surface area contributed by atoms with E-state index >= 15 is 0 Å². The predicted octanol–water partition coefficient (Wildman–Crippen LogP) is 0.743. The van der Waals surface area contributed by atoms with Gasteiger partial charge in [0.2, 0.25) is 5.91 Å². The predicted molar refractivity (Wildman–Crippen MR) is 74.8 cm³/mol. The van der Waals surface area contributed by atoms with Gasteiger partial charge < -0.3 is 15.4 Å². The highest BCUT2D eigenvalue weighted by atomic mass is 16.5. The van der Waals surface area contributed by atoms with Gasteiger partial charge in [-0.1, -0.05) is 6.08 Å². The second-order valence-corrected chi connectivity index (χ2v) is 4.36. The number of nitrogens with zero attached hydrogens (tertiary/aromatic N) is 3. The van der Waals surface area contributed by atoms with Gasteiger partial charge in [0.05, 0.1) is 23.7 Å². The topological polar surface area (TPSA) is 73.4 Å². The molecular weight excluding hydrogens is 244 g/mol. The van der Waals surface area contributed by atoms with E-state index in [9.17, 15) is 4.79 Å². The Labute approximate surface area is 113 Å². The van der Waals surface area contributed by atoms with Crippen LogP contribution in [0.3, 0.4) is 0 Å². The molecule has 19 heavy (non-hydrogen) atoms. The summed E-state index contributed by atoms with van der Waals surface area (Å²) in [4.78, 5) is 13.9. The van der Waals surface area contributed by atoms with E-state index in [1.54, 1.807) is 22.8 Å². The Morgan fingerprint density at radius 1 is 1.58 bits per heavy atom. The second kappa shape index (κ2) is 6.94. The smallest absolute Gasteiger partial charge is 0.244 e. The molecule has 0 aliphatic rings. The SMILES string of the molecule is C=CCN(CCOC)C(=O)Cn1nc(C)c(N)c1C. The van der Waals surface area contributed by atoms with Crippen molar-refractivity contribution in [3.63, 3.8) is 0 Å². The number of hydrogen-bond donors (Lipinski definition) is 1. The van der Waals surface area contributed by atoms with Crippen molar-refractivity contribution in [2.75, 3.05) is 32.5 Å². The van der Waals surface area contributed by atoms with Crippen molar-refractivity contribution in [1.82, 2.24) is 14.7 Å². The highest BCUT2D eigenvalue weighted by Crippen LogP contribution is 2.14. The first-order valence-electron chi connectivity index (χ1n) is 6.18. The molecule has 0 unspecified atom stereocenters. The minimum absolute atomic E-state index is 0.0254. The summed E-state index contributed by atoms with van der Waals surface area (Å²) in [6.45, 7) is 9.06. The second-order valence-electron chi connectivity index (χ2n) is 4.36. The molecule has 106 valence electrons. The molecule has 2 N–H and O–H groups in total. The summed E-state index contributed by atoms with van der Waals surface area (Å²) in [5.74, 6) is -0.0254. The lowest BCUT2D eigenvalue weighted by Crippen LogP contribution is -2.36. The monoisotopic (exact) mass is 266 g/mol. The molecule has 0 fully saturated rings. The zero-order valence-electron chi connectivity index (χ0n) is 11.8. The summed E-state index contributed by atoms with van der Waals surface area (Å²) in [5.41, 5.74) is 8.05. The molecule has 0 radical (unpaired) electrons. The maximum Gasteiger partial charge on any atom is 0.244 e. The van der Waals surface area contributed by atoms with Crippen LogP contribution in [0.5, 0.6) is 0 Å². The lowest BCUT2D eigenvalue weighted by atomic mass is 10.3. The van der Waals surface area contributed by atoms with Crippen LogP contribution < -0.4 is 5.73 Å². The fourth-order valence-corrected chi connectivity index (χ4v) is 1.77. The van der Waals surface area contributed by atoms with Crippen LogP contribution >= 0.6 is 0 Å². The van der Waals surface area contributed by atoms with Gasteiger partial charge in [-0.05, 0) is 13.8 Å². The van der Waals surface area contributed by atoms with E-state index in [1.807, 2.05) is 13.8 Å². The van der Waals surface area contributed by atoms with Gasteiger partial charge in [-0.2, -0.15) is 5.10 Å². The summed E-state index contributed by atoms with van der Waals surface area (Å²) < 4.78 is 6.63. The molecule has 0 atom stereocenters. The van der Waals surface area contributed by atoms with Crippen molar-refractivity contribution in [1.29, 1.82) is 0 Å². The Kier molecular flexibility index (Phi) is 5.57. The summed E-state index contributed by atoms with van der Waals surface area (Å²) in [6.07, 6.45) is 1.70. The quantitative estimate of drug-likeness (QED) is 0.739. The summed E-state index contributed by atoms with van der Waals surface area (Å²) in [5, 5.41) is 4.26. The first-order chi connectivity index (χ1) is 9.01. The largest absolute Gasteiger partial charge is 0.396 e. The van der Waals surface area contributed by atoms with Gasteiger partial charge >= 0.3 is 0 Å². The van der Waals surface area contributed by atoms with Crippen LogP contribution in [-0.4, -0.2) is 47.4 Å². The Hall–Kier alpha value is -1.82. The van der Waals surface area contributed by atoms with Crippen molar-refractivity contribution in [3.8, 4) is 0 Å². The summed E-state index contributed by atoms with van der Waals surface area (Å²) in [7, 11) is 1.61. The number of amides is 1. The molecule has 1 aromatic rings. The molecule has 6 heteroatoms. The third kappa shape index (κ3) is 3.82. The van der Waals surface area contributed by atoms with Gasteiger partial charge in [0, 0.05) is 20.2 Å². The Morgan fingerprint density at radius 3 is 2.74 bits per heavy atom. The lowest BCUT2D eigenvalue weighted by molar-refractivity contribution is -0.132. The van der Waals surface area contributed by atoms with Crippen LogP contribution in [0.15, 0.2) is 12.7 Å². The minimum Gasteiger partial charge on any atom is -0.396 e. The number of carbonyl (C=O) groups excluding carboxylic acids is 1. The fourth-order valence-electron chi connectivity index (χ4n) is 1.77. The van der Waals surface area contributed by atoms with Gasteiger partial charge in [0.15, 0.2) is 0 Å². The number of nitrogens with two attached hydrogens (primary N) is 1. The average Bonchev–Trinajstić information content (AvgIpc) is 2.62. The number of carbonyl (C=O) groups is 1. The third-order valence-electron chi connectivity index (χ3n) is 2.99. The molecule has 0 aromatic carbocycles. The Bertz CT molecular complexity index is 454. The number of anilines is 1. The zero-order valence-corrected chi connectivity index (χ0v) is 11.8. The van der Waals surface area contributed by atoms with Crippen LogP contribution in [0.4, 0.5) is 5.69 Å².